The van der Waals surface area contributed by atoms with Crippen molar-refractivity contribution < 1.29 is 18.3 Å². The number of benzene rings is 1. The van der Waals surface area contributed by atoms with Gasteiger partial charge in [0.2, 0.25) is 0 Å². The smallest absolute Gasteiger partial charge is 0.384 e. The van der Waals surface area contributed by atoms with Gasteiger partial charge >= 0.3 is 6.18 Å². The fraction of sp³-hybridized carbons (Fsp3) is 0.400. The number of halogens is 3. The number of anilines is 1. The van der Waals surface area contributed by atoms with Gasteiger partial charge in [0.1, 0.15) is 0 Å². The molecule has 1 aliphatic heterocycles. The van der Waals surface area contributed by atoms with Crippen molar-refractivity contribution in [3.63, 3.8) is 0 Å². The van der Waals surface area contributed by atoms with Crippen molar-refractivity contribution in [3.8, 4) is 0 Å². The van der Waals surface area contributed by atoms with Gasteiger partial charge in [-0.2, -0.15) is 13.2 Å². The third-order valence-electron chi connectivity index (χ3n) is 2.47. The Kier molecular flexibility index (Phi) is 2.34. The van der Waals surface area contributed by atoms with Gasteiger partial charge in [-0.1, -0.05) is 12.1 Å². The highest BCUT2D eigenvalue weighted by Gasteiger charge is 2.39. The highest BCUT2D eigenvalue weighted by molar-refractivity contribution is 5.57. The molecule has 0 aliphatic carbocycles. The highest BCUT2D eigenvalue weighted by atomic mass is 19.4. The van der Waals surface area contributed by atoms with E-state index in [0.717, 1.165) is 18.5 Å². The molecule has 0 bridgehead atoms. The molecule has 5 heteroatoms. The van der Waals surface area contributed by atoms with Gasteiger partial charge in [0.05, 0.1) is 0 Å². The molecule has 1 aromatic rings. The van der Waals surface area contributed by atoms with Gasteiger partial charge in [-0.15, -0.1) is 0 Å². The lowest BCUT2D eigenvalue weighted by atomic mass is 10.0. The topological polar surface area (TPSA) is 32.3 Å². The molecule has 0 saturated heterocycles. The normalized spacial score (nSPS) is 17.1. The molecule has 1 aliphatic rings. The predicted octanol–water partition coefficient (Wildman–Crippen LogP) is 2.25. The minimum absolute atomic E-state index is 0.115. The van der Waals surface area contributed by atoms with E-state index >= 15 is 0 Å². The summed E-state index contributed by atoms with van der Waals surface area (Å²) in [5, 5.41) is 12.0. The molecular formula is C10H10F3NO. The second kappa shape index (κ2) is 3.41. The van der Waals surface area contributed by atoms with Gasteiger partial charge in [0.25, 0.3) is 0 Å². The van der Waals surface area contributed by atoms with Crippen LogP contribution >= 0.6 is 0 Å². The predicted molar refractivity (Wildman–Crippen MR) is 49.7 cm³/mol. The molecule has 0 fully saturated rings. The molecule has 15 heavy (non-hydrogen) atoms. The van der Waals surface area contributed by atoms with Crippen LogP contribution in [0.4, 0.5) is 18.9 Å². The SMILES string of the molecule is OC(c1ccc2c(c1)NCC2)C(F)(F)F. The molecule has 0 saturated carbocycles. The molecule has 0 aromatic heterocycles. The van der Waals surface area contributed by atoms with E-state index in [4.69, 9.17) is 5.11 Å². The molecule has 82 valence electrons. The van der Waals surface area contributed by atoms with Crippen LogP contribution in [0, 0.1) is 0 Å². The van der Waals surface area contributed by atoms with Crippen LogP contribution in [-0.2, 0) is 6.42 Å². The lowest BCUT2D eigenvalue weighted by molar-refractivity contribution is -0.206. The van der Waals surface area contributed by atoms with Crippen LogP contribution in [0.25, 0.3) is 0 Å². The summed E-state index contributed by atoms with van der Waals surface area (Å²) >= 11 is 0. The molecule has 1 heterocycles. The number of fused-ring (bicyclic) bond motifs is 1. The molecule has 0 spiro atoms. The fourth-order valence-corrected chi connectivity index (χ4v) is 1.67. The number of nitrogens with one attached hydrogen (secondary N) is 1. The molecular weight excluding hydrogens is 207 g/mol. The summed E-state index contributed by atoms with van der Waals surface area (Å²) in [7, 11) is 0. The lowest BCUT2D eigenvalue weighted by Crippen LogP contribution is -2.20. The molecule has 1 atom stereocenters. The zero-order valence-electron chi connectivity index (χ0n) is 7.80. The van der Waals surface area contributed by atoms with Crippen molar-refractivity contribution in [2.24, 2.45) is 0 Å². The number of aliphatic hydroxyl groups is 1. The maximum Gasteiger partial charge on any atom is 0.418 e. The summed E-state index contributed by atoms with van der Waals surface area (Å²) in [6.07, 6.45) is -6.19. The summed E-state index contributed by atoms with van der Waals surface area (Å²) in [4.78, 5) is 0. The number of aliphatic hydroxyl groups excluding tert-OH is 1. The van der Waals surface area contributed by atoms with E-state index in [0.29, 0.717) is 5.69 Å². The standard InChI is InChI=1S/C10H10F3NO/c11-10(12,13)9(15)7-2-1-6-3-4-14-8(6)5-7/h1-2,5,9,14-15H,3-4H2. The van der Waals surface area contributed by atoms with Crippen LogP contribution in [0.5, 0.6) is 0 Å². The van der Waals surface area contributed by atoms with Gasteiger partial charge in [-0.3, -0.25) is 0 Å². The molecule has 2 nitrogen and oxygen atoms in total. The second-order valence-electron chi connectivity index (χ2n) is 3.54. The average Bonchev–Trinajstić information content (AvgIpc) is 2.61. The van der Waals surface area contributed by atoms with E-state index in [1.54, 1.807) is 6.07 Å². The van der Waals surface area contributed by atoms with Crippen molar-refractivity contribution in [1.29, 1.82) is 0 Å². The Morgan fingerprint density at radius 3 is 2.73 bits per heavy atom. The first kappa shape index (κ1) is 10.3. The molecule has 1 unspecified atom stereocenters. The van der Waals surface area contributed by atoms with Crippen LogP contribution in [-0.4, -0.2) is 17.8 Å². The van der Waals surface area contributed by atoms with Crippen LogP contribution in [0.1, 0.15) is 17.2 Å². The average molecular weight is 217 g/mol. The highest BCUT2D eigenvalue weighted by Crippen LogP contribution is 2.35. The van der Waals surface area contributed by atoms with E-state index in [1.165, 1.54) is 12.1 Å². The van der Waals surface area contributed by atoms with Crippen LogP contribution in [0.3, 0.4) is 0 Å². The van der Waals surface area contributed by atoms with Crippen molar-refractivity contribution in [1.82, 2.24) is 0 Å². The first-order valence-corrected chi connectivity index (χ1v) is 4.60. The Balaban J connectivity index is 2.31. The largest absolute Gasteiger partial charge is 0.418 e. The lowest BCUT2D eigenvalue weighted by Gasteiger charge is -2.15. The summed E-state index contributed by atoms with van der Waals surface area (Å²) < 4.78 is 36.6. The van der Waals surface area contributed by atoms with Gasteiger partial charge in [-0.25, -0.2) is 0 Å². The van der Waals surface area contributed by atoms with E-state index in [-0.39, 0.29) is 5.56 Å². The number of alkyl halides is 3. The Morgan fingerprint density at radius 2 is 2.07 bits per heavy atom. The van der Waals surface area contributed by atoms with Gasteiger partial charge in [0.15, 0.2) is 6.10 Å². The van der Waals surface area contributed by atoms with Crippen molar-refractivity contribution in [2.75, 3.05) is 11.9 Å². The van der Waals surface area contributed by atoms with Crippen LogP contribution in [0.15, 0.2) is 18.2 Å². The fourth-order valence-electron chi connectivity index (χ4n) is 1.67. The van der Waals surface area contributed by atoms with Crippen molar-refractivity contribution >= 4 is 5.69 Å². The maximum absolute atomic E-state index is 12.2. The molecule has 1 aromatic carbocycles. The Labute approximate surface area is 84.7 Å². The molecule has 2 N–H and O–H groups in total. The van der Waals surface area contributed by atoms with E-state index < -0.39 is 12.3 Å². The summed E-state index contributed by atoms with van der Waals surface area (Å²) in [5.74, 6) is 0. The van der Waals surface area contributed by atoms with Gasteiger partial charge in [0, 0.05) is 12.2 Å². The van der Waals surface area contributed by atoms with E-state index in [2.05, 4.69) is 5.32 Å². The molecule has 0 amide bonds. The maximum atomic E-state index is 12.2. The Morgan fingerprint density at radius 1 is 1.33 bits per heavy atom. The van der Waals surface area contributed by atoms with E-state index in [1.807, 2.05) is 0 Å². The zero-order chi connectivity index (χ0) is 11.1. The second-order valence-corrected chi connectivity index (χ2v) is 3.54. The van der Waals surface area contributed by atoms with E-state index in [9.17, 15) is 13.2 Å². The zero-order valence-corrected chi connectivity index (χ0v) is 7.80. The number of hydrogen-bond donors (Lipinski definition) is 2. The monoisotopic (exact) mass is 217 g/mol. The van der Waals surface area contributed by atoms with Crippen molar-refractivity contribution in [3.05, 3.63) is 29.3 Å². The third-order valence-corrected chi connectivity index (χ3v) is 2.47. The van der Waals surface area contributed by atoms with Gasteiger partial charge < -0.3 is 10.4 Å². The van der Waals surface area contributed by atoms with Crippen molar-refractivity contribution in [2.45, 2.75) is 18.7 Å². The minimum Gasteiger partial charge on any atom is -0.384 e. The first-order chi connectivity index (χ1) is 6.98. The molecule has 2 rings (SSSR count). The summed E-state index contributed by atoms with van der Waals surface area (Å²) in [6, 6.07) is 4.31. The summed E-state index contributed by atoms with van der Waals surface area (Å²) in [5.41, 5.74) is 1.57. The molecule has 0 radical (unpaired) electrons. The number of rotatable bonds is 1. The quantitative estimate of drug-likeness (QED) is 0.756. The third kappa shape index (κ3) is 1.92. The number of hydrogen-bond acceptors (Lipinski definition) is 2. The Hall–Kier alpha value is -1.23. The minimum atomic E-state index is -4.60. The van der Waals surface area contributed by atoms with Gasteiger partial charge in [-0.05, 0) is 23.6 Å². The van der Waals surface area contributed by atoms with Crippen LogP contribution in [0.2, 0.25) is 0 Å². The first-order valence-electron chi connectivity index (χ1n) is 4.60. The Bertz CT molecular complexity index is 375. The van der Waals surface area contributed by atoms with Crippen LogP contribution < -0.4 is 5.32 Å². The summed E-state index contributed by atoms with van der Waals surface area (Å²) in [6.45, 7) is 0.737.